The van der Waals surface area contributed by atoms with Gasteiger partial charge in [-0.3, -0.25) is 9.59 Å². The summed E-state index contributed by atoms with van der Waals surface area (Å²) in [4.78, 5) is 23.5. The van der Waals surface area contributed by atoms with Crippen molar-refractivity contribution in [2.45, 2.75) is 83.8 Å². The lowest BCUT2D eigenvalue weighted by atomic mass is 9.46. The van der Waals surface area contributed by atoms with Crippen LogP contribution in [0.5, 0.6) is 0 Å². The van der Waals surface area contributed by atoms with Gasteiger partial charge in [-0.2, -0.15) is 0 Å². The molecule has 1 unspecified atom stereocenters. The van der Waals surface area contributed by atoms with E-state index in [-0.39, 0.29) is 28.5 Å². The molecular weight excluding hydrogens is 380 g/mol. The monoisotopic (exact) mass is 416 g/mol. The molecule has 0 aromatic carbocycles. The maximum absolute atomic E-state index is 12.1. The zero-order valence-electron chi connectivity index (χ0n) is 18.7. The summed E-state index contributed by atoms with van der Waals surface area (Å²) in [5, 5.41) is 0. The van der Waals surface area contributed by atoms with E-state index in [0.29, 0.717) is 49.8 Å². The van der Waals surface area contributed by atoms with Crippen molar-refractivity contribution in [2.75, 3.05) is 19.8 Å². The molecule has 1 spiro atoms. The third-order valence-corrected chi connectivity index (χ3v) is 9.87. The van der Waals surface area contributed by atoms with E-state index in [9.17, 15) is 9.59 Å². The molecule has 0 N–H and O–H groups in total. The zero-order valence-corrected chi connectivity index (χ0v) is 18.7. The van der Waals surface area contributed by atoms with Gasteiger partial charge in [0.05, 0.1) is 13.2 Å². The van der Waals surface area contributed by atoms with Gasteiger partial charge in [0.1, 0.15) is 18.3 Å². The summed E-state index contributed by atoms with van der Waals surface area (Å²) in [7, 11) is 0. The average Bonchev–Trinajstić information content (AvgIpc) is 3.01. The van der Waals surface area contributed by atoms with Gasteiger partial charge in [0, 0.05) is 18.8 Å². The van der Waals surface area contributed by atoms with Gasteiger partial charge >= 0.3 is 5.97 Å². The molecule has 5 aliphatic rings. The highest BCUT2D eigenvalue weighted by atomic mass is 16.6. The SMILES string of the molecule is CC(=O)OCC1OCCO[C@@]12CC[C@H]1[C@@H]3CCC4=CC(=O)CC[C@]4(C)[C@H]3CC[C@@]12C. The third-order valence-electron chi connectivity index (χ3n) is 9.87. The number of fused-ring (bicyclic) bond motifs is 6. The highest BCUT2D eigenvalue weighted by Crippen LogP contribution is 2.69. The van der Waals surface area contributed by atoms with E-state index in [4.69, 9.17) is 14.2 Å². The molecule has 5 heteroatoms. The first-order valence-electron chi connectivity index (χ1n) is 11.9. The molecule has 0 aromatic rings. The first kappa shape index (κ1) is 20.7. The van der Waals surface area contributed by atoms with Crippen LogP contribution < -0.4 is 0 Å². The van der Waals surface area contributed by atoms with Gasteiger partial charge < -0.3 is 14.2 Å². The number of carbonyl (C=O) groups excluding carboxylic acids is 2. The van der Waals surface area contributed by atoms with Gasteiger partial charge in [-0.25, -0.2) is 0 Å². The molecule has 0 radical (unpaired) electrons. The zero-order chi connectivity index (χ0) is 21.1. The Balaban J connectivity index is 1.44. The van der Waals surface area contributed by atoms with Crippen LogP contribution >= 0.6 is 0 Å². The Bertz CT molecular complexity index is 774. The molecule has 0 amide bonds. The fourth-order valence-electron chi connectivity index (χ4n) is 8.38. The van der Waals surface area contributed by atoms with Crippen LogP contribution in [0.15, 0.2) is 11.6 Å². The molecule has 3 saturated carbocycles. The summed E-state index contributed by atoms with van der Waals surface area (Å²) in [6, 6.07) is 0. The molecule has 4 fully saturated rings. The molecule has 0 aromatic heterocycles. The Labute approximate surface area is 179 Å². The lowest BCUT2D eigenvalue weighted by Gasteiger charge is -2.61. The van der Waals surface area contributed by atoms with Gasteiger partial charge in [0.15, 0.2) is 5.78 Å². The molecule has 1 heterocycles. The van der Waals surface area contributed by atoms with Gasteiger partial charge in [-0.1, -0.05) is 19.4 Å². The van der Waals surface area contributed by atoms with Gasteiger partial charge in [-0.05, 0) is 74.2 Å². The minimum Gasteiger partial charge on any atom is -0.463 e. The largest absolute Gasteiger partial charge is 0.463 e. The Kier molecular flexibility index (Phi) is 4.94. The molecule has 30 heavy (non-hydrogen) atoms. The van der Waals surface area contributed by atoms with Gasteiger partial charge in [0.25, 0.3) is 0 Å². The number of hydrogen-bond acceptors (Lipinski definition) is 5. The smallest absolute Gasteiger partial charge is 0.302 e. The van der Waals surface area contributed by atoms with Crippen LogP contribution in [0.2, 0.25) is 0 Å². The summed E-state index contributed by atoms with van der Waals surface area (Å²) in [6.07, 6.45) is 10.2. The highest BCUT2D eigenvalue weighted by molar-refractivity contribution is 5.91. The van der Waals surface area contributed by atoms with Crippen LogP contribution in [0, 0.1) is 28.6 Å². The van der Waals surface area contributed by atoms with Crippen molar-refractivity contribution in [3.8, 4) is 0 Å². The van der Waals surface area contributed by atoms with Crippen LogP contribution in [0.3, 0.4) is 0 Å². The Morgan fingerprint density at radius 1 is 1.10 bits per heavy atom. The number of carbonyl (C=O) groups is 2. The maximum atomic E-state index is 12.1. The molecule has 166 valence electrons. The van der Waals surface area contributed by atoms with Crippen molar-refractivity contribution in [3.63, 3.8) is 0 Å². The minimum atomic E-state index is -0.351. The number of ether oxygens (including phenoxy) is 3. The van der Waals surface area contributed by atoms with E-state index in [1.54, 1.807) is 0 Å². The molecule has 0 bridgehead atoms. The van der Waals surface area contributed by atoms with E-state index in [2.05, 4.69) is 13.8 Å². The number of ketones is 1. The first-order chi connectivity index (χ1) is 14.3. The van der Waals surface area contributed by atoms with E-state index in [1.165, 1.54) is 25.3 Å². The molecule has 5 rings (SSSR count). The molecule has 7 atom stereocenters. The second-order valence-corrected chi connectivity index (χ2v) is 10.9. The van der Waals surface area contributed by atoms with Crippen molar-refractivity contribution in [1.29, 1.82) is 0 Å². The average molecular weight is 417 g/mol. The summed E-state index contributed by atoms with van der Waals surface area (Å²) in [6.45, 7) is 7.80. The normalized spacial score (nSPS) is 47.8. The van der Waals surface area contributed by atoms with E-state index in [1.807, 2.05) is 6.08 Å². The van der Waals surface area contributed by atoms with Crippen molar-refractivity contribution in [1.82, 2.24) is 0 Å². The van der Waals surface area contributed by atoms with Crippen LogP contribution in [0.25, 0.3) is 0 Å². The minimum absolute atomic E-state index is 0.0431. The van der Waals surface area contributed by atoms with E-state index >= 15 is 0 Å². The van der Waals surface area contributed by atoms with Crippen LogP contribution in [0.1, 0.15) is 72.1 Å². The Morgan fingerprint density at radius 3 is 2.70 bits per heavy atom. The van der Waals surface area contributed by atoms with Crippen molar-refractivity contribution in [3.05, 3.63) is 11.6 Å². The maximum Gasteiger partial charge on any atom is 0.302 e. The van der Waals surface area contributed by atoms with Crippen LogP contribution in [-0.2, 0) is 23.8 Å². The van der Waals surface area contributed by atoms with Crippen molar-refractivity contribution in [2.24, 2.45) is 28.6 Å². The summed E-state index contributed by atoms with van der Waals surface area (Å²) in [5.41, 5.74) is 1.30. The van der Waals surface area contributed by atoms with Crippen molar-refractivity contribution < 1.29 is 23.8 Å². The fourth-order valence-corrected chi connectivity index (χ4v) is 8.38. The fraction of sp³-hybridized carbons (Fsp3) is 0.840. The lowest BCUT2D eigenvalue weighted by Crippen LogP contribution is -2.63. The number of allylic oxidation sites excluding steroid dienone is 1. The quantitative estimate of drug-likeness (QED) is 0.630. The van der Waals surface area contributed by atoms with Crippen molar-refractivity contribution >= 4 is 11.8 Å². The van der Waals surface area contributed by atoms with E-state index in [0.717, 1.165) is 32.1 Å². The van der Waals surface area contributed by atoms with Crippen LogP contribution in [0.4, 0.5) is 0 Å². The van der Waals surface area contributed by atoms with Gasteiger partial charge in [0.2, 0.25) is 0 Å². The molecular formula is C25H36O5. The molecule has 1 aliphatic heterocycles. The standard InChI is InChI=1S/C25H36O5/c1-16(26)29-15-22-25(30-13-12-28-22)11-8-21-19-5-4-17-14-18(27)6-9-23(17,2)20(19)7-10-24(21,25)3/h14,19-22H,4-13,15H2,1-3H3/t19-,20+,21+,22?,23+,24+,25+/m1/s1. The van der Waals surface area contributed by atoms with Crippen LogP contribution in [-0.4, -0.2) is 43.3 Å². The predicted molar refractivity (Wildman–Crippen MR) is 112 cm³/mol. The topological polar surface area (TPSA) is 61.8 Å². The summed E-state index contributed by atoms with van der Waals surface area (Å²) >= 11 is 0. The Morgan fingerprint density at radius 2 is 1.90 bits per heavy atom. The molecule has 5 nitrogen and oxygen atoms in total. The first-order valence-corrected chi connectivity index (χ1v) is 11.9. The second-order valence-electron chi connectivity index (χ2n) is 10.9. The third kappa shape index (κ3) is 2.80. The number of esters is 1. The highest BCUT2D eigenvalue weighted by Gasteiger charge is 2.68. The number of hydrogen-bond donors (Lipinski definition) is 0. The lowest BCUT2D eigenvalue weighted by molar-refractivity contribution is -0.265. The molecule has 4 aliphatic carbocycles. The molecule has 1 saturated heterocycles. The number of rotatable bonds is 2. The predicted octanol–water partition coefficient (Wildman–Crippen LogP) is 4.24. The van der Waals surface area contributed by atoms with Gasteiger partial charge in [-0.15, -0.1) is 0 Å². The Hall–Kier alpha value is -1.20. The van der Waals surface area contributed by atoms with E-state index < -0.39 is 0 Å². The summed E-state index contributed by atoms with van der Waals surface area (Å²) in [5.74, 6) is 2.01. The summed E-state index contributed by atoms with van der Waals surface area (Å²) < 4.78 is 18.2. The second kappa shape index (κ2) is 7.16.